The molecule has 0 aliphatic carbocycles. The van der Waals surface area contributed by atoms with E-state index in [0.29, 0.717) is 0 Å². The van der Waals surface area contributed by atoms with Crippen LogP contribution in [0.25, 0.3) is 0 Å². The third-order valence-electron chi connectivity index (χ3n) is 5.16. The lowest BCUT2D eigenvalue weighted by molar-refractivity contribution is 0.611. The zero-order chi connectivity index (χ0) is 21.8. The molecule has 4 aromatic rings. The molecule has 5 rings (SSSR count). The molecule has 3 aromatic heterocycles. The molecule has 0 radical (unpaired) electrons. The summed E-state index contributed by atoms with van der Waals surface area (Å²) in [6.45, 7) is 1.76. The first-order valence-electron chi connectivity index (χ1n) is 10.4. The maximum absolute atomic E-state index is 4.73. The standard InChI is InChI=1S/C23H21BrN6S2/c24-18-12-26-21(10-20(18)32-22-17-11-25-9-8-19(17)27-14-28-22)30-23-29-16(13-31-23)7-6-15-4-2-1-3-5-15/h1-5,10,12-14,25H,6-9,11H2,(H,26,29,30). The van der Waals surface area contributed by atoms with Gasteiger partial charge in [-0.2, -0.15) is 0 Å². The second-order valence-electron chi connectivity index (χ2n) is 7.39. The molecule has 1 aliphatic rings. The third-order valence-corrected chi connectivity index (χ3v) is 7.97. The number of nitrogens with one attached hydrogen (secondary N) is 2. The number of aromatic nitrogens is 4. The predicted octanol–water partition coefficient (Wildman–Crippen LogP) is 5.42. The first-order valence-corrected chi connectivity index (χ1v) is 12.9. The van der Waals surface area contributed by atoms with Crippen molar-refractivity contribution in [2.75, 3.05) is 11.9 Å². The fourth-order valence-electron chi connectivity index (χ4n) is 3.51. The Morgan fingerprint density at radius 1 is 1.12 bits per heavy atom. The normalized spacial score (nSPS) is 13.0. The Bertz CT molecular complexity index is 1210. The van der Waals surface area contributed by atoms with Crippen LogP contribution in [0.1, 0.15) is 22.5 Å². The summed E-state index contributed by atoms with van der Waals surface area (Å²) in [7, 11) is 0. The van der Waals surface area contributed by atoms with Crippen molar-refractivity contribution in [2.45, 2.75) is 35.7 Å². The number of nitrogens with zero attached hydrogens (tertiary/aromatic N) is 4. The van der Waals surface area contributed by atoms with Gasteiger partial charge in [-0.3, -0.25) is 0 Å². The Balaban J connectivity index is 1.28. The van der Waals surface area contributed by atoms with Gasteiger partial charge in [0.05, 0.1) is 15.9 Å². The van der Waals surface area contributed by atoms with E-state index in [1.54, 1.807) is 29.4 Å². The fourth-order valence-corrected chi connectivity index (χ4v) is 5.66. The first-order chi connectivity index (χ1) is 15.7. The zero-order valence-electron chi connectivity index (χ0n) is 17.2. The van der Waals surface area contributed by atoms with Crippen molar-refractivity contribution >= 4 is 50.0 Å². The summed E-state index contributed by atoms with van der Waals surface area (Å²) in [5.74, 6) is 0.765. The Labute approximate surface area is 203 Å². The molecule has 0 atom stereocenters. The van der Waals surface area contributed by atoms with Gasteiger partial charge in [0.25, 0.3) is 0 Å². The van der Waals surface area contributed by atoms with E-state index in [4.69, 9.17) is 4.98 Å². The van der Waals surface area contributed by atoms with Gasteiger partial charge in [0.1, 0.15) is 17.2 Å². The molecule has 9 heteroatoms. The van der Waals surface area contributed by atoms with Gasteiger partial charge in [-0.1, -0.05) is 42.1 Å². The highest BCUT2D eigenvalue weighted by atomic mass is 79.9. The number of halogens is 1. The molecule has 0 saturated heterocycles. The van der Waals surface area contributed by atoms with Gasteiger partial charge in [-0.15, -0.1) is 11.3 Å². The van der Waals surface area contributed by atoms with Crippen molar-refractivity contribution in [3.8, 4) is 0 Å². The second kappa shape index (κ2) is 10.1. The highest BCUT2D eigenvalue weighted by Crippen LogP contribution is 2.36. The molecule has 0 amide bonds. The van der Waals surface area contributed by atoms with E-state index >= 15 is 0 Å². The summed E-state index contributed by atoms with van der Waals surface area (Å²) in [5, 5.41) is 10.7. The number of fused-ring (bicyclic) bond motifs is 1. The SMILES string of the molecule is Brc1cnc(Nc2nc(CCc3ccccc3)cs2)cc1Sc1ncnc2c1CNCC2. The molecular weight excluding hydrogens is 504 g/mol. The quantitative estimate of drug-likeness (QED) is 0.312. The van der Waals surface area contributed by atoms with Crippen LogP contribution in [0.15, 0.2) is 68.7 Å². The first kappa shape index (κ1) is 21.5. The summed E-state index contributed by atoms with van der Waals surface area (Å²) >= 11 is 6.87. The van der Waals surface area contributed by atoms with Gasteiger partial charge in [0.2, 0.25) is 0 Å². The Morgan fingerprint density at radius 2 is 2.03 bits per heavy atom. The minimum atomic E-state index is 0.765. The van der Waals surface area contributed by atoms with E-state index in [9.17, 15) is 0 Å². The predicted molar refractivity (Wildman–Crippen MR) is 133 cm³/mol. The minimum Gasteiger partial charge on any atom is -0.316 e. The molecule has 162 valence electrons. The molecule has 2 N–H and O–H groups in total. The molecule has 1 aliphatic heterocycles. The molecular formula is C23H21BrN6S2. The Hall–Kier alpha value is -2.33. The average Bonchev–Trinajstić information content (AvgIpc) is 3.28. The van der Waals surface area contributed by atoms with Crippen LogP contribution in [0.4, 0.5) is 10.9 Å². The van der Waals surface area contributed by atoms with Crippen molar-refractivity contribution < 1.29 is 0 Å². The van der Waals surface area contributed by atoms with Crippen LogP contribution in [0.3, 0.4) is 0 Å². The van der Waals surface area contributed by atoms with E-state index in [2.05, 4.69) is 71.2 Å². The molecule has 6 nitrogen and oxygen atoms in total. The number of benzene rings is 1. The molecule has 0 spiro atoms. The Kier molecular flexibility index (Phi) is 6.77. The van der Waals surface area contributed by atoms with Crippen molar-refractivity contribution in [3.63, 3.8) is 0 Å². The lowest BCUT2D eigenvalue weighted by Crippen LogP contribution is -2.25. The van der Waals surface area contributed by atoms with Gasteiger partial charge >= 0.3 is 0 Å². The molecule has 0 saturated carbocycles. The third kappa shape index (κ3) is 5.17. The number of anilines is 2. The number of hydrogen-bond donors (Lipinski definition) is 2. The van der Waals surface area contributed by atoms with Crippen LogP contribution >= 0.6 is 39.0 Å². The highest BCUT2D eigenvalue weighted by Gasteiger charge is 2.17. The summed E-state index contributed by atoms with van der Waals surface area (Å²) in [6, 6.07) is 12.5. The fraction of sp³-hybridized carbons (Fsp3) is 0.217. The van der Waals surface area contributed by atoms with Gasteiger partial charge in [-0.25, -0.2) is 19.9 Å². The number of hydrogen-bond acceptors (Lipinski definition) is 8. The van der Waals surface area contributed by atoms with E-state index in [1.165, 1.54) is 11.1 Å². The van der Waals surface area contributed by atoms with Gasteiger partial charge in [-0.05, 0) is 40.4 Å². The summed E-state index contributed by atoms with van der Waals surface area (Å²) < 4.78 is 0.937. The number of aryl methyl sites for hydroxylation is 2. The zero-order valence-corrected chi connectivity index (χ0v) is 20.4. The largest absolute Gasteiger partial charge is 0.316 e. The molecule has 0 fully saturated rings. The number of rotatable bonds is 7. The topological polar surface area (TPSA) is 75.6 Å². The summed E-state index contributed by atoms with van der Waals surface area (Å²) in [6.07, 6.45) is 6.32. The van der Waals surface area contributed by atoms with E-state index < -0.39 is 0 Å². The van der Waals surface area contributed by atoms with Crippen LogP contribution in [-0.2, 0) is 25.8 Å². The number of pyridine rings is 1. The van der Waals surface area contributed by atoms with Crippen molar-refractivity contribution in [2.24, 2.45) is 0 Å². The molecule has 4 heterocycles. The number of thiazole rings is 1. The maximum Gasteiger partial charge on any atom is 0.188 e. The lowest BCUT2D eigenvalue weighted by atomic mass is 10.1. The van der Waals surface area contributed by atoms with Gasteiger partial charge in [0.15, 0.2) is 5.13 Å². The summed E-state index contributed by atoms with van der Waals surface area (Å²) in [5.41, 5.74) is 4.74. The van der Waals surface area contributed by atoms with Crippen LogP contribution in [0.5, 0.6) is 0 Å². The van der Waals surface area contributed by atoms with Crippen LogP contribution in [0, 0.1) is 0 Å². The molecule has 32 heavy (non-hydrogen) atoms. The molecule has 1 aromatic carbocycles. The van der Waals surface area contributed by atoms with Crippen LogP contribution in [-0.4, -0.2) is 26.5 Å². The van der Waals surface area contributed by atoms with E-state index in [1.807, 2.05) is 18.3 Å². The van der Waals surface area contributed by atoms with E-state index in [0.717, 1.165) is 69.1 Å². The second-order valence-corrected chi connectivity index (χ2v) is 10.1. The highest BCUT2D eigenvalue weighted by molar-refractivity contribution is 9.10. The van der Waals surface area contributed by atoms with E-state index in [-0.39, 0.29) is 0 Å². The van der Waals surface area contributed by atoms with Crippen molar-refractivity contribution in [3.05, 3.63) is 81.3 Å². The Morgan fingerprint density at radius 3 is 2.94 bits per heavy atom. The van der Waals surface area contributed by atoms with Gasteiger partial charge in [0, 0.05) is 41.5 Å². The van der Waals surface area contributed by atoms with Crippen LogP contribution < -0.4 is 10.6 Å². The smallest absolute Gasteiger partial charge is 0.188 e. The monoisotopic (exact) mass is 524 g/mol. The van der Waals surface area contributed by atoms with Crippen molar-refractivity contribution in [1.82, 2.24) is 25.3 Å². The van der Waals surface area contributed by atoms with Gasteiger partial charge < -0.3 is 10.6 Å². The van der Waals surface area contributed by atoms with Crippen LogP contribution in [0.2, 0.25) is 0 Å². The minimum absolute atomic E-state index is 0.765. The summed E-state index contributed by atoms with van der Waals surface area (Å²) in [4.78, 5) is 19.3. The maximum atomic E-state index is 4.73. The average molecular weight is 526 g/mol. The lowest BCUT2D eigenvalue weighted by Gasteiger charge is -2.18. The molecule has 0 unspecified atom stereocenters. The molecule has 0 bridgehead atoms. The van der Waals surface area contributed by atoms with Crippen molar-refractivity contribution in [1.29, 1.82) is 0 Å².